The summed E-state index contributed by atoms with van der Waals surface area (Å²) < 4.78 is 0. The predicted octanol–water partition coefficient (Wildman–Crippen LogP) is 0.167. The molecule has 9 heavy (non-hydrogen) atoms. The summed E-state index contributed by atoms with van der Waals surface area (Å²) in [5, 5.41) is 8.51. The van der Waals surface area contributed by atoms with Gasteiger partial charge in [0.2, 0.25) is 0 Å². The third kappa shape index (κ3) is 1.90. The molecule has 0 saturated heterocycles. The number of nitrogens with zero attached hydrogens (tertiary/aromatic N) is 1. The summed E-state index contributed by atoms with van der Waals surface area (Å²) in [5.74, 6) is 0. The lowest BCUT2D eigenvalue weighted by Crippen LogP contribution is -2.22. The van der Waals surface area contributed by atoms with Crippen molar-refractivity contribution in [1.82, 2.24) is 4.90 Å². The molecule has 1 rings (SSSR count). The predicted molar refractivity (Wildman–Crippen MR) is 35.6 cm³/mol. The van der Waals surface area contributed by atoms with E-state index >= 15 is 0 Å². The van der Waals surface area contributed by atoms with Crippen molar-refractivity contribution in [2.24, 2.45) is 0 Å². The zero-order chi connectivity index (χ0) is 6.53. The monoisotopic (exact) mass is 124 g/mol. The molecule has 0 unspecified atom stereocenters. The minimum absolute atomic E-state index is 0.220. The second-order valence-corrected chi connectivity index (χ2v) is 1.91. The molecule has 1 N–H and O–H groups in total. The molecule has 0 saturated carbocycles. The third-order valence-corrected chi connectivity index (χ3v) is 1.21. The first-order valence-electron chi connectivity index (χ1n) is 3.03. The molecule has 1 radical (unpaired) electrons. The van der Waals surface area contributed by atoms with E-state index in [9.17, 15) is 0 Å². The molecule has 0 fully saturated rings. The summed E-state index contributed by atoms with van der Waals surface area (Å²) in [4.78, 5) is 2.02. The number of hydrogen-bond donors (Lipinski definition) is 1. The van der Waals surface area contributed by atoms with Gasteiger partial charge in [-0.05, 0) is 12.2 Å². The van der Waals surface area contributed by atoms with Crippen molar-refractivity contribution in [2.75, 3.05) is 19.7 Å². The second kappa shape index (κ2) is 3.30. The van der Waals surface area contributed by atoms with Crippen molar-refractivity contribution in [3.63, 3.8) is 0 Å². The molecule has 1 aliphatic heterocycles. The van der Waals surface area contributed by atoms with Crippen LogP contribution in [0.4, 0.5) is 0 Å². The fourth-order valence-electron chi connectivity index (χ4n) is 0.742. The van der Waals surface area contributed by atoms with E-state index in [1.165, 1.54) is 0 Å². The highest BCUT2D eigenvalue weighted by Crippen LogP contribution is 1.95. The Bertz CT molecular complexity index is 129. The van der Waals surface area contributed by atoms with Crippen LogP contribution in [-0.2, 0) is 0 Å². The lowest BCUT2D eigenvalue weighted by atomic mass is 10.3. The first-order chi connectivity index (χ1) is 4.43. The van der Waals surface area contributed by atoms with E-state index in [4.69, 9.17) is 5.11 Å². The molecule has 0 aromatic rings. The quantitative estimate of drug-likeness (QED) is 0.567. The topological polar surface area (TPSA) is 23.5 Å². The number of rotatable bonds is 2. The number of allylic oxidation sites excluding steroid dienone is 2. The van der Waals surface area contributed by atoms with E-state index in [2.05, 4.69) is 6.08 Å². The Hall–Kier alpha value is -0.760. The molecule has 2 heteroatoms. The van der Waals surface area contributed by atoms with Gasteiger partial charge in [-0.15, -0.1) is 0 Å². The zero-order valence-corrected chi connectivity index (χ0v) is 5.25. The molecule has 0 spiro atoms. The molecule has 0 aliphatic carbocycles. The number of hydrogen-bond acceptors (Lipinski definition) is 2. The van der Waals surface area contributed by atoms with Gasteiger partial charge in [-0.1, -0.05) is 6.08 Å². The van der Waals surface area contributed by atoms with Gasteiger partial charge in [0.1, 0.15) is 0 Å². The van der Waals surface area contributed by atoms with Crippen LogP contribution in [0.1, 0.15) is 0 Å². The molecular weight excluding hydrogens is 114 g/mol. The summed E-state index contributed by atoms with van der Waals surface area (Å²) >= 11 is 0. The van der Waals surface area contributed by atoms with Crippen LogP contribution in [0.25, 0.3) is 0 Å². The van der Waals surface area contributed by atoms with Crippen LogP contribution in [-0.4, -0.2) is 29.7 Å². The average Bonchev–Trinajstić information content (AvgIpc) is 1.91. The lowest BCUT2D eigenvalue weighted by Gasteiger charge is -2.18. The maximum absolute atomic E-state index is 8.51. The molecule has 0 amide bonds. The van der Waals surface area contributed by atoms with Crippen molar-refractivity contribution in [3.05, 3.63) is 24.4 Å². The van der Waals surface area contributed by atoms with Crippen molar-refractivity contribution >= 4 is 0 Å². The molecule has 1 aliphatic rings. The van der Waals surface area contributed by atoms with Gasteiger partial charge >= 0.3 is 0 Å². The Labute approximate surface area is 55.1 Å². The summed E-state index contributed by atoms with van der Waals surface area (Å²) in [6.45, 7) is 1.81. The van der Waals surface area contributed by atoms with E-state index in [1.807, 2.05) is 23.3 Å². The fourth-order valence-corrected chi connectivity index (χ4v) is 0.742. The molecule has 1 heterocycles. The molecule has 0 aromatic heterocycles. The minimum Gasteiger partial charge on any atom is -0.395 e. The fraction of sp³-hybridized carbons (Fsp3) is 0.429. The Kier molecular flexibility index (Phi) is 2.33. The molecule has 0 aromatic carbocycles. The summed E-state index contributed by atoms with van der Waals surface area (Å²) in [5.41, 5.74) is 0. The smallest absolute Gasteiger partial charge is 0.0606 e. The molecule has 2 nitrogen and oxygen atoms in total. The standard InChI is InChI=1S/C7H10NO/c9-7-6-8-4-2-1-3-5-8/h2-4,9H,5-7H2. The van der Waals surface area contributed by atoms with Crippen LogP contribution in [0, 0.1) is 6.08 Å². The van der Waals surface area contributed by atoms with E-state index < -0.39 is 0 Å². The summed E-state index contributed by atoms with van der Waals surface area (Å²) in [6.07, 6.45) is 8.66. The van der Waals surface area contributed by atoms with E-state index in [0.29, 0.717) is 6.54 Å². The van der Waals surface area contributed by atoms with Gasteiger partial charge in [0.15, 0.2) is 0 Å². The van der Waals surface area contributed by atoms with E-state index in [0.717, 1.165) is 6.54 Å². The van der Waals surface area contributed by atoms with Crippen molar-refractivity contribution in [3.8, 4) is 0 Å². The maximum Gasteiger partial charge on any atom is 0.0606 e. The number of aliphatic hydroxyl groups excluding tert-OH is 1. The zero-order valence-electron chi connectivity index (χ0n) is 5.25. The van der Waals surface area contributed by atoms with Crippen LogP contribution in [0.2, 0.25) is 0 Å². The second-order valence-electron chi connectivity index (χ2n) is 1.91. The molecular formula is C7H10NO. The first-order valence-corrected chi connectivity index (χ1v) is 3.03. The van der Waals surface area contributed by atoms with Gasteiger partial charge in [-0.25, -0.2) is 0 Å². The highest BCUT2D eigenvalue weighted by Gasteiger charge is 1.95. The highest BCUT2D eigenvalue weighted by atomic mass is 16.3. The number of β-amino-alcohol motifs (C(OH)–C–C–N with tert-alkyl or cyclic N) is 1. The van der Waals surface area contributed by atoms with Crippen LogP contribution >= 0.6 is 0 Å². The van der Waals surface area contributed by atoms with Crippen LogP contribution < -0.4 is 0 Å². The van der Waals surface area contributed by atoms with Gasteiger partial charge in [-0.3, -0.25) is 0 Å². The van der Waals surface area contributed by atoms with Gasteiger partial charge in [0, 0.05) is 19.3 Å². The maximum atomic E-state index is 8.51. The minimum atomic E-state index is 0.220. The average molecular weight is 124 g/mol. The van der Waals surface area contributed by atoms with Crippen molar-refractivity contribution in [1.29, 1.82) is 0 Å². The first kappa shape index (κ1) is 6.36. The largest absolute Gasteiger partial charge is 0.395 e. The lowest BCUT2D eigenvalue weighted by molar-refractivity contribution is 0.244. The van der Waals surface area contributed by atoms with Gasteiger partial charge in [0.25, 0.3) is 0 Å². The third-order valence-electron chi connectivity index (χ3n) is 1.21. The Morgan fingerprint density at radius 3 is 3.11 bits per heavy atom. The SMILES string of the molecule is OCCN1C=C[C]=CC1. The normalized spacial score (nSPS) is 16.8. The summed E-state index contributed by atoms with van der Waals surface area (Å²) in [6, 6.07) is 0. The van der Waals surface area contributed by atoms with Gasteiger partial charge in [0.05, 0.1) is 6.61 Å². The molecule has 49 valence electrons. The summed E-state index contributed by atoms with van der Waals surface area (Å²) in [7, 11) is 0. The van der Waals surface area contributed by atoms with Crippen LogP contribution in [0.3, 0.4) is 0 Å². The Morgan fingerprint density at radius 2 is 2.56 bits per heavy atom. The number of aliphatic hydroxyl groups is 1. The highest BCUT2D eigenvalue weighted by molar-refractivity contribution is 5.02. The van der Waals surface area contributed by atoms with Crippen LogP contribution in [0.15, 0.2) is 18.4 Å². The van der Waals surface area contributed by atoms with Gasteiger partial charge in [-0.2, -0.15) is 0 Å². The Morgan fingerprint density at radius 1 is 1.67 bits per heavy atom. The van der Waals surface area contributed by atoms with Crippen molar-refractivity contribution < 1.29 is 5.11 Å². The van der Waals surface area contributed by atoms with E-state index in [1.54, 1.807) is 0 Å². The van der Waals surface area contributed by atoms with Crippen molar-refractivity contribution in [2.45, 2.75) is 0 Å². The van der Waals surface area contributed by atoms with Crippen LogP contribution in [0.5, 0.6) is 0 Å². The van der Waals surface area contributed by atoms with E-state index in [-0.39, 0.29) is 6.61 Å². The Balaban J connectivity index is 2.28. The molecule has 0 bridgehead atoms. The van der Waals surface area contributed by atoms with Gasteiger partial charge < -0.3 is 10.0 Å². The molecule has 0 atom stereocenters.